The van der Waals surface area contributed by atoms with E-state index in [9.17, 15) is 9.59 Å². The van der Waals surface area contributed by atoms with Crippen LogP contribution in [0.5, 0.6) is 0 Å². The van der Waals surface area contributed by atoms with Crippen LogP contribution >= 0.6 is 0 Å². The summed E-state index contributed by atoms with van der Waals surface area (Å²) in [5, 5.41) is 0. The van der Waals surface area contributed by atoms with Crippen LogP contribution in [0.4, 0.5) is 4.79 Å². The summed E-state index contributed by atoms with van der Waals surface area (Å²) in [6.07, 6.45) is 6.70. The van der Waals surface area contributed by atoms with Crippen LogP contribution in [-0.2, 0) is 16.1 Å². The van der Waals surface area contributed by atoms with E-state index >= 15 is 0 Å². The van der Waals surface area contributed by atoms with Crippen LogP contribution < -0.4 is 0 Å². The van der Waals surface area contributed by atoms with Gasteiger partial charge in [0, 0.05) is 45.0 Å². The molecule has 3 heterocycles. The Morgan fingerprint density at radius 2 is 1.85 bits per heavy atom. The third-order valence-corrected chi connectivity index (χ3v) is 5.58. The van der Waals surface area contributed by atoms with Crippen molar-refractivity contribution in [2.45, 2.75) is 53.0 Å². The standard InChI is InChI=1S/C21H31N3O3/c1-20(2,3)16-27-19(26)23-12-8-21(9-13-23)7-4-18(25)24(15-21)14-17-5-10-22-11-6-17/h5-6,10-11H,4,7-9,12-16H2,1-3H3. The minimum atomic E-state index is -0.208. The molecule has 0 aromatic carbocycles. The van der Waals surface area contributed by atoms with Crippen molar-refractivity contribution in [3.05, 3.63) is 30.1 Å². The molecule has 6 nitrogen and oxygen atoms in total. The van der Waals surface area contributed by atoms with Gasteiger partial charge < -0.3 is 14.5 Å². The van der Waals surface area contributed by atoms with E-state index in [0.29, 0.717) is 32.7 Å². The molecule has 0 radical (unpaired) electrons. The third kappa shape index (κ3) is 5.21. The lowest BCUT2D eigenvalue weighted by atomic mass is 9.72. The van der Waals surface area contributed by atoms with Crippen LogP contribution in [0.3, 0.4) is 0 Å². The molecule has 2 aliphatic rings. The van der Waals surface area contributed by atoms with E-state index in [1.807, 2.05) is 21.9 Å². The van der Waals surface area contributed by atoms with Gasteiger partial charge in [-0.3, -0.25) is 9.78 Å². The number of rotatable bonds is 3. The van der Waals surface area contributed by atoms with Gasteiger partial charge in [0.15, 0.2) is 0 Å². The number of aromatic nitrogens is 1. The fourth-order valence-electron chi connectivity index (χ4n) is 3.90. The fraction of sp³-hybridized carbons (Fsp3) is 0.667. The largest absolute Gasteiger partial charge is 0.449 e. The van der Waals surface area contributed by atoms with Gasteiger partial charge in [-0.2, -0.15) is 0 Å². The summed E-state index contributed by atoms with van der Waals surface area (Å²) in [5.74, 6) is 0.226. The van der Waals surface area contributed by atoms with Crippen LogP contribution in [-0.4, -0.2) is 53.0 Å². The summed E-state index contributed by atoms with van der Waals surface area (Å²) in [6, 6.07) is 3.92. The van der Waals surface area contributed by atoms with Crippen LogP contribution in [0, 0.1) is 10.8 Å². The SMILES string of the molecule is CC(C)(C)COC(=O)N1CCC2(CCC(=O)N(Cc3ccncc3)C2)CC1. The highest BCUT2D eigenvalue weighted by Crippen LogP contribution is 2.40. The summed E-state index contributed by atoms with van der Waals surface area (Å²) < 4.78 is 5.46. The molecule has 6 heteroatoms. The van der Waals surface area contributed by atoms with Gasteiger partial charge in [0.05, 0.1) is 6.61 Å². The van der Waals surface area contributed by atoms with Crippen LogP contribution in [0.2, 0.25) is 0 Å². The number of nitrogens with zero attached hydrogens (tertiary/aromatic N) is 3. The van der Waals surface area contributed by atoms with Crippen molar-refractivity contribution < 1.29 is 14.3 Å². The molecule has 0 atom stereocenters. The highest BCUT2D eigenvalue weighted by atomic mass is 16.6. The van der Waals surface area contributed by atoms with E-state index in [1.165, 1.54) is 0 Å². The maximum absolute atomic E-state index is 12.4. The second-order valence-electron chi connectivity index (χ2n) is 9.21. The monoisotopic (exact) mass is 373 g/mol. The summed E-state index contributed by atoms with van der Waals surface area (Å²) in [7, 11) is 0. The van der Waals surface area contributed by atoms with Gasteiger partial charge >= 0.3 is 6.09 Å². The normalized spacial score (nSPS) is 20.0. The Hall–Kier alpha value is -2.11. The predicted molar refractivity (Wildman–Crippen MR) is 103 cm³/mol. The molecule has 27 heavy (non-hydrogen) atoms. The Bertz CT molecular complexity index is 661. The molecule has 0 aliphatic carbocycles. The number of amides is 2. The molecule has 2 fully saturated rings. The Labute approximate surface area is 161 Å². The number of hydrogen-bond donors (Lipinski definition) is 0. The highest BCUT2D eigenvalue weighted by molar-refractivity contribution is 5.77. The molecule has 2 aliphatic heterocycles. The predicted octanol–water partition coefficient (Wildman–Crippen LogP) is 3.47. The lowest BCUT2D eigenvalue weighted by Crippen LogP contribution is -2.52. The van der Waals surface area contributed by atoms with E-state index < -0.39 is 0 Å². The Morgan fingerprint density at radius 3 is 2.48 bits per heavy atom. The second kappa shape index (κ2) is 7.87. The van der Waals surface area contributed by atoms with Crippen LogP contribution in [0.25, 0.3) is 0 Å². The first-order chi connectivity index (χ1) is 12.8. The molecule has 148 valence electrons. The highest BCUT2D eigenvalue weighted by Gasteiger charge is 2.42. The van der Waals surface area contributed by atoms with Crippen molar-refractivity contribution in [3.63, 3.8) is 0 Å². The molecule has 0 unspecified atom stereocenters. The van der Waals surface area contributed by atoms with E-state index in [4.69, 9.17) is 4.74 Å². The number of likely N-dealkylation sites (tertiary alicyclic amines) is 2. The molecule has 2 amide bonds. The maximum Gasteiger partial charge on any atom is 0.409 e. The van der Waals surface area contributed by atoms with Gasteiger partial charge in [-0.1, -0.05) is 20.8 Å². The topological polar surface area (TPSA) is 62.7 Å². The molecular weight excluding hydrogens is 342 g/mol. The van der Waals surface area contributed by atoms with Crippen LogP contribution in [0.1, 0.15) is 52.0 Å². The van der Waals surface area contributed by atoms with Crippen molar-refractivity contribution in [1.82, 2.24) is 14.8 Å². The first-order valence-electron chi connectivity index (χ1n) is 9.85. The summed E-state index contributed by atoms with van der Waals surface area (Å²) in [6.45, 7) is 9.44. The average molecular weight is 373 g/mol. The number of piperidine rings is 2. The first kappa shape index (κ1) is 19.6. The Morgan fingerprint density at radius 1 is 1.19 bits per heavy atom. The summed E-state index contributed by atoms with van der Waals surface area (Å²) in [5.41, 5.74) is 1.21. The summed E-state index contributed by atoms with van der Waals surface area (Å²) >= 11 is 0. The molecule has 1 aromatic rings. The van der Waals surface area contributed by atoms with E-state index in [-0.39, 0.29) is 22.8 Å². The van der Waals surface area contributed by atoms with Gasteiger partial charge in [-0.25, -0.2) is 4.79 Å². The Balaban J connectivity index is 1.55. The zero-order chi connectivity index (χ0) is 19.5. The smallest absolute Gasteiger partial charge is 0.409 e. The van der Waals surface area contributed by atoms with Gasteiger partial charge in [-0.15, -0.1) is 0 Å². The van der Waals surface area contributed by atoms with Crippen molar-refractivity contribution in [1.29, 1.82) is 0 Å². The first-order valence-corrected chi connectivity index (χ1v) is 9.85. The molecule has 0 bridgehead atoms. The summed E-state index contributed by atoms with van der Waals surface area (Å²) in [4.78, 5) is 32.6. The zero-order valence-electron chi connectivity index (χ0n) is 16.7. The van der Waals surface area contributed by atoms with Crippen molar-refractivity contribution in [2.75, 3.05) is 26.2 Å². The number of carbonyl (C=O) groups is 2. The molecule has 2 saturated heterocycles. The van der Waals surface area contributed by atoms with Gasteiger partial charge in [-0.05, 0) is 47.8 Å². The number of pyridine rings is 1. The van der Waals surface area contributed by atoms with Crippen molar-refractivity contribution in [2.24, 2.45) is 10.8 Å². The third-order valence-electron chi connectivity index (χ3n) is 5.58. The average Bonchev–Trinajstić information content (AvgIpc) is 2.64. The molecule has 0 saturated carbocycles. The zero-order valence-corrected chi connectivity index (χ0v) is 16.7. The molecule has 1 spiro atoms. The lowest BCUT2D eigenvalue weighted by molar-refractivity contribution is -0.139. The lowest BCUT2D eigenvalue weighted by Gasteiger charge is -2.47. The van der Waals surface area contributed by atoms with Gasteiger partial charge in [0.1, 0.15) is 0 Å². The van der Waals surface area contributed by atoms with Crippen molar-refractivity contribution in [3.8, 4) is 0 Å². The van der Waals surface area contributed by atoms with E-state index in [0.717, 1.165) is 31.4 Å². The maximum atomic E-state index is 12.4. The number of hydrogen-bond acceptors (Lipinski definition) is 4. The van der Waals surface area contributed by atoms with Crippen LogP contribution in [0.15, 0.2) is 24.5 Å². The van der Waals surface area contributed by atoms with Gasteiger partial charge in [0.25, 0.3) is 0 Å². The second-order valence-corrected chi connectivity index (χ2v) is 9.21. The molecule has 1 aromatic heterocycles. The quantitative estimate of drug-likeness (QED) is 0.814. The molecule has 0 N–H and O–H groups in total. The minimum Gasteiger partial charge on any atom is -0.449 e. The number of carbonyl (C=O) groups excluding carboxylic acids is 2. The fourth-order valence-corrected chi connectivity index (χ4v) is 3.90. The van der Waals surface area contributed by atoms with Crippen molar-refractivity contribution >= 4 is 12.0 Å². The van der Waals surface area contributed by atoms with E-state index in [2.05, 4.69) is 25.8 Å². The Kier molecular flexibility index (Phi) is 5.72. The molecule has 3 rings (SSSR count). The molecular formula is C21H31N3O3. The minimum absolute atomic E-state index is 0.0239. The van der Waals surface area contributed by atoms with Gasteiger partial charge in [0.2, 0.25) is 5.91 Å². The number of ether oxygens (including phenoxy) is 1. The van der Waals surface area contributed by atoms with E-state index in [1.54, 1.807) is 12.4 Å².